The van der Waals surface area contributed by atoms with E-state index in [1.54, 1.807) is 6.07 Å². The van der Waals surface area contributed by atoms with Crippen molar-refractivity contribution in [3.05, 3.63) is 89.5 Å². The number of benzene rings is 3. The molecular weight excluding hydrogens is 352 g/mol. The maximum Gasteiger partial charge on any atom is 0.417 e. The molecule has 28 heavy (non-hydrogen) atoms. The number of carbonyl (C=O) groups excluding carboxylic acids is 2. The Kier molecular flexibility index (Phi) is 6.07. The van der Waals surface area contributed by atoms with Crippen molar-refractivity contribution >= 4 is 23.4 Å². The first-order chi connectivity index (χ1) is 13.5. The van der Waals surface area contributed by atoms with E-state index in [0.717, 1.165) is 22.4 Å². The summed E-state index contributed by atoms with van der Waals surface area (Å²) in [6.45, 7) is 3.42. The summed E-state index contributed by atoms with van der Waals surface area (Å²) in [6, 6.07) is 22.6. The van der Waals surface area contributed by atoms with Crippen molar-refractivity contribution in [2.75, 3.05) is 10.6 Å². The molecule has 3 rings (SSSR count). The number of hydrogen-bond acceptors (Lipinski definition) is 3. The van der Waals surface area contributed by atoms with Crippen LogP contribution in [0.1, 0.15) is 23.6 Å². The highest BCUT2D eigenvalue weighted by Gasteiger charge is 2.09. The van der Waals surface area contributed by atoms with E-state index < -0.39 is 6.09 Å². The minimum absolute atomic E-state index is 0.102. The Morgan fingerprint density at radius 3 is 2.36 bits per heavy atom. The molecule has 0 radical (unpaired) electrons. The van der Waals surface area contributed by atoms with E-state index in [0.29, 0.717) is 17.9 Å². The Hall–Kier alpha value is -3.60. The van der Waals surface area contributed by atoms with Gasteiger partial charge in [0.05, 0.1) is 0 Å². The molecule has 5 nitrogen and oxygen atoms in total. The zero-order valence-electron chi connectivity index (χ0n) is 15.9. The smallest absolute Gasteiger partial charge is 0.410 e. The van der Waals surface area contributed by atoms with Crippen LogP contribution < -0.4 is 15.4 Å². The molecule has 2 amide bonds. The molecule has 2 N–H and O–H groups in total. The topological polar surface area (TPSA) is 67.4 Å². The number of para-hydroxylation sites is 1. The Morgan fingerprint density at radius 2 is 1.64 bits per heavy atom. The lowest BCUT2D eigenvalue weighted by Gasteiger charge is -2.12. The second-order valence-electron chi connectivity index (χ2n) is 6.54. The summed E-state index contributed by atoms with van der Waals surface area (Å²) in [4.78, 5) is 23.4. The average molecular weight is 374 g/mol. The Labute approximate surface area is 164 Å². The predicted octanol–water partition coefficient (Wildman–Crippen LogP) is 5.16. The van der Waals surface area contributed by atoms with Crippen molar-refractivity contribution in [2.45, 2.75) is 20.3 Å². The number of amides is 2. The Balaban J connectivity index is 1.68. The van der Waals surface area contributed by atoms with Gasteiger partial charge in [-0.3, -0.25) is 10.1 Å². The maximum atomic E-state index is 12.3. The molecule has 0 saturated carbocycles. The highest BCUT2D eigenvalue weighted by atomic mass is 16.6. The predicted molar refractivity (Wildman–Crippen MR) is 111 cm³/mol. The number of rotatable bonds is 5. The number of ether oxygens (including phenoxy) is 1. The quantitative estimate of drug-likeness (QED) is 0.648. The van der Waals surface area contributed by atoms with E-state index in [4.69, 9.17) is 4.74 Å². The van der Waals surface area contributed by atoms with Crippen LogP contribution in [0.4, 0.5) is 16.2 Å². The molecule has 0 aromatic heterocycles. The van der Waals surface area contributed by atoms with Gasteiger partial charge in [0.25, 0.3) is 0 Å². The molecule has 0 fully saturated rings. The number of anilines is 2. The first kappa shape index (κ1) is 19.2. The van der Waals surface area contributed by atoms with Gasteiger partial charge in [-0.25, -0.2) is 4.79 Å². The fourth-order valence-electron chi connectivity index (χ4n) is 2.85. The third kappa shape index (κ3) is 5.45. The lowest BCUT2D eigenvalue weighted by atomic mass is 10.0. The van der Waals surface area contributed by atoms with E-state index in [-0.39, 0.29) is 5.91 Å². The van der Waals surface area contributed by atoms with Gasteiger partial charge < -0.3 is 10.1 Å². The standard InChI is InChI=1S/C23H22N2O3/c1-16-6-5-8-21(14-16)28-23(27)25-22-9-4-3-7-19(22)15-18-10-12-20(13-11-18)24-17(2)26/h3-14H,15H2,1-2H3,(H,24,26)(H,25,27). The van der Waals surface area contributed by atoms with Gasteiger partial charge in [-0.05, 0) is 60.4 Å². The van der Waals surface area contributed by atoms with Gasteiger partial charge in [0.1, 0.15) is 5.75 Å². The Bertz CT molecular complexity index is 981. The van der Waals surface area contributed by atoms with Crippen molar-refractivity contribution < 1.29 is 14.3 Å². The summed E-state index contributed by atoms with van der Waals surface area (Å²) in [5.74, 6) is 0.401. The molecule has 0 heterocycles. The van der Waals surface area contributed by atoms with Gasteiger partial charge >= 0.3 is 6.09 Å². The van der Waals surface area contributed by atoms with E-state index in [9.17, 15) is 9.59 Å². The molecule has 0 atom stereocenters. The monoisotopic (exact) mass is 374 g/mol. The van der Waals surface area contributed by atoms with E-state index in [2.05, 4.69) is 10.6 Å². The second-order valence-corrected chi connectivity index (χ2v) is 6.54. The van der Waals surface area contributed by atoms with E-state index >= 15 is 0 Å². The number of carbonyl (C=O) groups is 2. The van der Waals surface area contributed by atoms with Crippen LogP contribution in [0, 0.1) is 6.92 Å². The molecule has 3 aromatic carbocycles. The first-order valence-electron chi connectivity index (χ1n) is 8.99. The summed E-state index contributed by atoms with van der Waals surface area (Å²) < 4.78 is 5.37. The normalized spacial score (nSPS) is 10.2. The van der Waals surface area contributed by atoms with Gasteiger partial charge in [0, 0.05) is 18.3 Å². The maximum absolute atomic E-state index is 12.3. The lowest BCUT2D eigenvalue weighted by Crippen LogP contribution is -2.17. The van der Waals surface area contributed by atoms with E-state index in [1.165, 1.54) is 6.92 Å². The van der Waals surface area contributed by atoms with Crippen LogP contribution in [0.25, 0.3) is 0 Å². The Morgan fingerprint density at radius 1 is 0.893 bits per heavy atom. The molecule has 0 saturated heterocycles. The van der Waals surface area contributed by atoms with Crippen LogP contribution >= 0.6 is 0 Å². The molecule has 3 aromatic rings. The SMILES string of the molecule is CC(=O)Nc1ccc(Cc2ccccc2NC(=O)Oc2cccc(C)c2)cc1. The second kappa shape index (κ2) is 8.86. The van der Waals surface area contributed by atoms with Crippen LogP contribution in [0.5, 0.6) is 5.75 Å². The van der Waals surface area contributed by atoms with Crippen LogP contribution in [0.15, 0.2) is 72.8 Å². The number of aryl methyl sites for hydroxylation is 1. The van der Waals surface area contributed by atoms with Crippen LogP contribution in [0.3, 0.4) is 0 Å². The fraction of sp³-hybridized carbons (Fsp3) is 0.130. The van der Waals surface area contributed by atoms with Crippen molar-refractivity contribution in [1.29, 1.82) is 0 Å². The fourth-order valence-corrected chi connectivity index (χ4v) is 2.85. The summed E-state index contributed by atoms with van der Waals surface area (Å²) >= 11 is 0. The van der Waals surface area contributed by atoms with Crippen molar-refractivity contribution in [3.8, 4) is 5.75 Å². The van der Waals surface area contributed by atoms with Crippen LogP contribution in [-0.4, -0.2) is 12.0 Å². The van der Waals surface area contributed by atoms with Gasteiger partial charge in [-0.15, -0.1) is 0 Å². The highest BCUT2D eigenvalue weighted by Crippen LogP contribution is 2.21. The zero-order chi connectivity index (χ0) is 19.9. The highest BCUT2D eigenvalue weighted by molar-refractivity contribution is 5.89. The van der Waals surface area contributed by atoms with Crippen molar-refractivity contribution in [1.82, 2.24) is 0 Å². The van der Waals surface area contributed by atoms with Gasteiger partial charge in [-0.2, -0.15) is 0 Å². The summed E-state index contributed by atoms with van der Waals surface area (Å²) in [5, 5.41) is 5.57. The third-order valence-electron chi connectivity index (χ3n) is 4.12. The van der Waals surface area contributed by atoms with Crippen LogP contribution in [-0.2, 0) is 11.2 Å². The molecular formula is C23H22N2O3. The molecule has 0 aliphatic heterocycles. The minimum atomic E-state index is -0.529. The summed E-state index contributed by atoms with van der Waals surface area (Å²) in [5.41, 5.74) is 4.51. The molecule has 0 aliphatic rings. The first-order valence-corrected chi connectivity index (χ1v) is 8.99. The third-order valence-corrected chi connectivity index (χ3v) is 4.12. The van der Waals surface area contributed by atoms with Crippen molar-refractivity contribution in [2.24, 2.45) is 0 Å². The van der Waals surface area contributed by atoms with Crippen LogP contribution in [0.2, 0.25) is 0 Å². The number of hydrogen-bond donors (Lipinski definition) is 2. The zero-order valence-corrected chi connectivity index (χ0v) is 15.9. The van der Waals surface area contributed by atoms with Gasteiger partial charge in [0.2, 0.25) is 5.91 Å². The molecule has 0 bridgehead atoms. The average Bonchev–Trinajstić information content (AvgIpc) is 2.64. The largest absolute Gasteiger partial charge is 0.417 e. The molecule has 0 aliphatic carbocycles. The molecule has 142 valence electrons. The lowest BCUT2D eigenvalue weighted by molar-refractivity contribution is -0.114. The summed E-state index contributed by atoms with van der Waals surface area (Å²) in [6.07, 6.45) is 0.111. The minimum Gasteiger partial charge on any atom is -0.410 e. The molecule has 5 heteroatoms. The summed E-state index contributed by atoms with van der Waals surface area (Å²) in [7, 11) is 0. The van der Waals surface area contributed by atoms with Gasteiger partial charge in [0.15, 0.2) is 0 Å². The number of nitrogens with one attached hydrogen (secondary N) is 2. The molecule has 0 unspecified atom stereocenters. The van der Waals surface area contributed by atoms with Crippen molar-refractivity contribution in [3.63, 3.8) is 0 Å². The van der Waals surface area contributed by atoms with E-state index in [1.807, 2.05) is 73.7 Å². The molecule has 0 spiro atoms. The van der Waals surface area contributed by atoms with Gasteiger partial charge in [-0.1, -0.05) is 42.5 Å².